The number of benzene rings is 1. The van der Waals surface area contributed by atoms with E-state index in [1.54, 1.807) is 11.9 Å². The molecule has 17 heavy (non-hydrogen) atoms. The average Bonchev–Trinajstić information content (AvgIpc) is 2.36. The number of rotatable bonds is 5. The van der Waals surface area contributed by atoms with Crippen LogP contribution in [0.5, 0.6) is 0 Å². The van der Waals surface area contributed by atoms with Crippen molar-refractivity contribution in [1.82, 2.24) is 4.90 Å². The van der Waals surface area contributed by atoms with Gasteiger partial charge in [0.15, 0.2) is 0 Å². The average molecular weight is 230 g/mol. The van der Waals surface area contributed by atoms with E-state index in [1.165, 1.54) is 0 Å². The van der Waals surface area contributed by atoms with Gasteiger partial charge in [0.05, 0.1) is 6.07 Å². The Morgan fingerprint density at radius 2 is 2.06 bits per heavy atom. The highest BCUT2D eigenvalue weighted by atomic mass is 16.2. The molecule has 1 aromatic rings. The molecule has 0 aromatic heterocycles. The van der Waals surface area contributed by atoms with Crippen LogP contribution in [-0.4, -0.2) is 17.9 Å². The molecule has 0 bridgehead atoms. The summed E-state index contributed by atoms with van der Waals surface area (Å²) in [7, 11) is 1.75. The molecule has 1 amide bonds. The highest BCUT2D eigenvalue weighted by Crippen LogP contribution is 2.11. The zero-order valence-electron chi connectivity index (χ0n) is 10.4. The molecule has 3 nitrogen and oxygen atoms in total. The summed E-state index contributed by atoms with van der Waals surface area (Å²) >= 11 is 0. The Morgan fingerprint density at radius 3 is 2.59 bits per heavy atom. The van der Waals surface area contributed by atoms with E-state index in [0.717, 1.165) is 12.0 Å². The van der Waals surface area contributed by atoms with Gasteiger partial charge >= 0.3 is 0 Å². The standard InChI is InChI=1S/C14H18N2O/c1-3-7-13(10-15)14(17)16(2)11-12-8-5-4-6-9-12/h4-6,8-9,13H,3,7,11H2,1-2H3. The monoisotopic (exact) mass is 230 g/mol. The minimum atomic E-state index is -0.506. The quantitative estimate of drug-likeness (QED) is 0.780. The van der Waals surface area contributed by atoms with Crippen LogP contribution < -0.4 is 0 Å². The molecule has 0 aliphatic rings. The summed E-state index contributed by atoms with van der Waals surface area (Å²) in [4.78, 5) is 13.6. The lowest BCUT2D eigenvalue weighted by molar-refractivity contribution is -0.133. The number of hydrogen-bond donors (Lipinski definition) is 0. The van der Waals surface area contributed by atoms with Crippen LogP contribution in [0.1, 0.15) is 25.3 Å². The van der Waals surface area contributed by atoms with Crippen LogP contribution in [0.2, 0.25) is 0 Å². The summed E-state index contributed by atoms with van der Waals surface area (Å²) in [6.07, 6.45) is 1.48. The molecule has 0 aliphatic heterocycles. The first kappa shape index (κ1) is 13.2. The first-order valence-corrected chi connectivity index (χ1v) is 5.87. The number of amides is 1. The largest absolute Gasteiger partial charge is 0.340 e. The fraction of sp³-hybridized carbons (Fsp3) is 0.429. The van der Waals surface area contributed by atoms with Crippen molar-refractivity contribution in [3.63, 3.8) is 0 Å². The Labute approximate surface area is 103 Å². The number of nitrogens with zero attached hydrogens (tertiary/aromatic N) is 2. The van der Waals surface area contributed by atoms with Gasteiger partial charge in [0.1, 0.15) is 5.92 Å². The van der Waals surface area contributed by atoms with Crippen molar-refractivity contribution >= 4 is 5.91 Å². The zero-order chi connectivity index (χ0) is 12.7. The van der Waals surface area contributed by atoms with Crippen molar-refractivity contribution in [1.29, 1.82) is 5.26 Å². The van der Waals surface area contributed by atoms with E-state index in [0.29, 0.717) is 13.0 Å². The Bertz CT molecular complexity index is 394. The SMILES string of the molecule is CCCC(C#N)C(=O)N(C)Cc1ccccc1. The van der Waals surface area contributed by atoms with E-state index in [1.807, 2.05) is 37.3 Å². The third-order valence-electron chi connectivity index (χ3n) is 2.67. The zero-order valence-corrected chi connectivity index (χ0v) is 10.4. The third-order valence-corrected chi connectivity index (χ3v) is 2.67. The summed E-state index contributed by atoms with van der Waals surface area (Å²) in [5, 5.41) is 8.95. The second kappa shape index (κ2) is 6.70. The Hall–Kier alpha value is -1.82. The topological polar surface area (TPSA) is 44.1 Å². The fourth-order valence-corrected chi connectivity index (χ4v) is 1.73. The van der Waals surface area contributed by atoms with Crippen molar-refractivity contribution in [2.24, 2.45) is 5.92 Å². The maximum atomic E-state index is 12.0. The predicted molar refractivity (Wildman–Crippen MR) is 66.9 cm³/mol. The number of carbonyl (C=O) groups is 1. The highest BCUT2D eigenvalue weighted by Gasteiger charge is 2.20. The van der Waals surface area contributed by atoms with Crippen LogP contribution in [0.3, 0.4) is 0 Å². The van der Waals surface area contributed by atoms with Gasteiger partial charge in [-0.05, 0) is 12.0 Å². The first-order chi connectivity index (χ1) is 8.19. The third kappa shape index (κ3) is 3.92. The lowest BCUT2D eigenvalue weighted by Gasteiger charge is -2.19. The lowest BCUT2D eigenvalue weighted by atomic mass is 10.0. The Morgan fingerprint density at radius 1 is 1.41 bits per heavy atom. The maximum absolute atomic E-state index is 12.0. The molecule has 0 heterocycles. The summed E-state index contributed by atoms with van der Waals surface area (Å²) in [5.74, 6) is -0.591. The highest BCUT2D eigenvalue weighted by molar-refractivity contribution is 5.80. The molecule has 3 heteroatoms. The molecule has 0 radical (unpaired) electrons. The molecular formula is C14H18N2O. The van der Waals surface area contributed by atoms with E-state index >= 15 is 0 Å². The van der Waals surface area contributed by atoms with Gasteiger partial charge in [0.25, 0.3) is 0 Å². The Kier molecular flexibility index (Phi) is 5.22. The summed E-state index contributed by atoms with van der Waals surface area (Å²) in [6, 6.07) is 11.9. The van der Waals surface area contributed by atoms with E-state index in [4.69, 9.17) is 5.26 Å². The second-order valence-electron chi connectivity index (χ2n) is 4.15. The second-order valence-corrected chi connectivity index (χ2v) is 4.15. The predicted octanol–water partition coefficient (Wildman–Crippen LogP) is 2.58. The smallest absolute Gasteiger partial charge is 0.239 e. The molecule has 90 valence electrons. The fourth-order valence-electron chi connectivity index (χ4n) is 1.73. The molecule has 1 aromatic carbocycles. The molecule has 0 saturated heterocycles. The van der Waals surface area contributed by atoms with Gasteiger partial charge in [-0.1, -0.05) is 43.7 Å². The van der Waals surface area contributed by atoms with E-state index in [9.17, 15) is 4.79 Å². The van der Waals surface area contributed by atoms with Gasteiger partial charge in [0, 0.05) is 13.6 Å². The van der Waals surface area contributed by atoms with Crippen LogP contribution in [0.15, 0.2) is 30.3 Å². The normalized spacial score (nSPS) is 11.6. The molecule has 0 aliphatic carbocycles. The van der Waals surface area contributed by atoms with Crippen LogP contribution in [0.25, 0.3) is 0 Å². The lowest BCUT2D eigenvalue weighted by Crippen LogP contribution is -2.31. The van der Waals surface area contributed by atoms with Crippen molar-refractivity contribution in [3.8, 4) is 6.07 Å². The minimum absolute atomic E-state index is 0.0850. The van der Waals surface area contributed by atoms with Gasteiger partial charge in [-0.15, -0.1) is 0 Å². The van der Waals surface area contributed by atoms with Crippen LogP contribution in [-0.2, 0) is 11.3 Å². The van der Waals surface area contributed by atoms with Crippen LogP contribution >= 0.6 is 0 Å². The van der Waals surface area contributed by atoms with Gasteiger partial charge < -0.3 is 4.90 Å². The van der Waals surface area contributed by atoms with Crippen LogP contribution in [0.4, 0.5) is 0 Å². The molecule has 0 N–H and O–H groups in total. The van der Waals surface area contributed by atoms with Crippen LogP contribution in [0, 0.1) is 17.2 Å². The van der Waals surface area contributed by atoms with Crippen molar-refractivity contribution in [3.05, 3.63) is 35.9 Å². The number of nitriles is 1. The minimum Gasteiger partial charge on any atom is -0.340 e. The molecule has 1 atom stereocenters. The molecule has 1 rings (SSSR count). The summed E-state index contributed by atoms with van der Waals surface area (Å²) in [6.45, 7) is 2.54. The van der Waals surface area contributed by atoms with Gasteiger partial charge in [0.2, 0.25) is 5.91 Å². The number of carbonyl (C=O) groups excluding carboxylic acids is 1. The Balaban J connectivity index is 2.61. The first-order valence-electron chi connectivity index (χ1n) is 5.87. The summed E-state index contributed by atoms with van der Waals surface area (Å²) < 4.78 is 0. The van der Waals surface area contributed by atoms with Gasteiger partial charge in [-0.2, -0.15) is 5.26 Å². The number of hydrogen-bond acceptors (Lipinski definition) is 2. The van der Waals surface area contributed by atoms with Crippen molar-refractivity contribution < 1.29 is 4.79 Å². The van der Waals surface area contributed by atoms with E-state index in [-0.39, 0.29) is 5.91 Å². The molecule has 0 spiro atoms. The van der Waals surface area contributed by atoms with Gasteiger partial charge in [-0.3, -0.25) is 4.79 Å². The maximum Gasteiger partial charge on any atom is 0.239 e. The van der Waals surface area contributed by atoms with E-state index < -0.39 is 5.92 Å². The molecule has 0 saturated carbocycles. The van der Waals surface area contributed by atoms with E-state index in [2.05, 4.69) is 6.07 Å². The van der Waals surface area contributed by atoms with Gasteiger partial charge in [-0.25, -0.2) is 0 Å². The molecular weight excluding hydrogens is 212 g/mol. The van der Waals surface area contributed by atoms with Crippen molar-refractivity contribution in [2.75, 3.05) is 7.05 Å². The molecule has 0 fully saturated rings. The molecule has 1 unspecified atom stereocenters. The van der Waals surface area contributed by atoms with Crippen molar-refractivity contribution in [2.45, 2.75) is 26.3 Å². The summed E-state index contributed by atoms with van der Waals surface area (Å²) in [5.41, 5.74) is 1.08.